The monoisotopic (exact) mass is 449 g/mol. The fraction of sp³-hybridized carbons (Fsp3) is 0.125. The predicted octanol–water partition coefficient (Wildman–Crippen LogP) is 4.89. The van der Waals surface area contributed by atoms with Crippen LogP contribution in [-0.2, 0) is 9.59 Å². The second-order valence-corrected chi connectivity index (χ2v) is 8.13. The zero-order valence-corrected chi connectivity index (χ0v) is 18.8. The number of aryl methyl sites for hydroxylation is 1. The van der Waals surface area contributed by atoms with Crippen LogP contribution in [0.4, 0.5) is 5.69 Å². The number of anilines is 1. The van der Waals surface area contributed by atoms with Crippen LogP contribution < -0.4 is 10.2 Å². The molecular formula is C24H20ClN3O2S. The lowest BCUT2D eigenvalue weighted by atomic mass is 10.1. The highest BCUT2D eigenvalue weighted by atomic mass is 35.5. The van der Waals surface area contributed by atoms with E-state index in [0.717, 1.165) is 22.6 Å². The van der Waals surface area contributed by atoms with Crippen LogP contribution in [0.15, 0.2) is 60.2 Å². The van der Waals surface area contributed by atoms with Crippen molar-refractivity contribution in [1.29, 1.82) is 0 Å². The Bertz CT molecular complexity index is 1260. The Balaban J connectivity index is 1.79. The number of nitrogens with zero attached hydrogens (tertiary/aromatic N) is 2. The van der Waals surface area contributed by atoms with Gasteiger partial charge in [-0.05, 0) is 80.5 Å². The van der Waals surface area contributed by atoms with E-state index < -0.39 is 11.8 Å². The van der Waals surface area contributed by atoms with Crippen LogP contribution >= 0.6 is 23.8 Å². The zero-order chi connectivity index (χ0) is 22.3. The van der Waals surface area contributed by atoms with Gasteiger partial charge in [0.05, 0.1) is 5.69 Å². The molecule has 1 saturated heterocycles. The average molecular weight is 450 g/mol. The molecule has 2 aromatic carbocycles. The first-order chi connectivity index (χ1) is 14.8. The summed E-state index contributed by atoms with van der Waals surface area (Å²) < 4.78 is 2.08. The van der Waals surface area contributed by atoms with Crippen LogP contribution in [0.3, 0.4) is 0 Å². The van der Waals surface area contributed by atoms with Crippen LogP contribution in [0.5, 0.6) is 0 Å². The highest BCUT2D eigenvalue weighted by Crippen LogP contribution is 2.30. The van der Waals surface area contributed by atoms with Crippen molar-refractivity contribution >= 4 is 52.5 Å². The second-order valence-electron chi connectivity index (χ2n) is 7.34. The van der Waals surface area contributed by atoms with Gasteiger partial charge in [-0.3, -0.25) is 19.8 Å². The number of hydrogen-bond donors (Lipinski definition) is 1. The van der Waals surface area contributed by atoms with Gasteiger partial charge in [-0.1, -0.05) is 35.9 Å². The third-order valence-corrected chi connectivity index (χ3v) is 6.06. The smallest absolute Gasteiger partial charge is 0.270 e. The van der Waals surface area contributed by atoms with Gasteiger partial charge in [0.25, 0.3) is 11.8 Å². The Morgan fingerprint density at radius 3 is 2.42 bits per heavy atom. The molecule has 1 N–H and O–H groups in total. The number of amides is 2. The average Bonchev–Trinajstić information content (AvgIpc) is 3.02. The van der Waals surface area contributed by atoms with Gasteiger partial charge < -0.3 is 4.57 Å². The fourth-order valence-electron chi connectivity index (χ4n) is 3.78. The number of para-hydroxylation sites is 1. The van der Waals surface area contributed by atoms with Gasteiger partial charge in [0.15, 0.2) is 5.11 Å². The first kappa shape index (κ1) is 21.0. The Morgan fingerprint density at radius 2 is 1.71 bits per heavy atom. The molecular weight excluding hydrogens is 430 g/mol. The lowest BCUT2D eigenvalue weighted by Crippen LogP contribution is -2.54. The molecule has 5 nitrogen and oxygen atoms in total. The van der Waals surface area contributed by atoms with E-state index in [1.807, 2.05) is 50.2 Å². The number of nitrogens with one attached hydrogen (secondary N) is 1. The maximum Gasteiger partial charge on any atom is 0.270 e. The van der Waals surface area contributed by atoms with E-state index in [2.05, 4.69) is 9.88 Å². The number of aromatic nitrogens is 1. The fourth-order valence-corrected chi connectivity index (χ4v) is 4.22. The Morgan fingerprint density at radius 1 is 1.00 bits per heavy atom. The Labute approximate surface area is 190 Å². The van der Waals surface area contributed by atoms with Crippen LogP contribution in [0, 0.1) is 20.8 Å². The van der Waals surface area contributed by atoms with Gasteiger partial charge in [0.1, 0.15) is 5.57 Å². The van der Waals surface area contributed by atoms with E-state index in [9.17, 15) is 9.59 Å². The summed E-state index contributed by atoms with van der Waals surface area (Å²) in [6.07, 6.45) is 1.62. The van der Waals surface area contributed by atoms with Crippen molar-refractivity contribution in [3.63, 3.8) is 0 Å². The van der Waals surface area contributed by atoms with Crippen molar-refractivity contribution in [1.82, 2.24) is 9.88 Å². The molecule has 2 amide bonds. The molecule has 0 radical (unpaired) electrons. The van der Waals surface area contributed by atoms with Crippen molar-refractivity contribution in [2.45, 2.75) is 20.8 Å². The topological polar surface area (TPSA) is 54.3 Å². The van der Waals surface area contributed by atoms with Crippen molar-refractivity contribution in [2.24, 2.45) is 0 Å². The van der Waals surface area contributed by atoms with Gasteiger partial charge >= 0.3 is 0 Å². The molecule has 0 saturated carbocycles. The number of benzene rings is 2. The third kappa shape index (κ3) is 3.69. The minimum Gasteiger partial charge on any atom is -0.318 e. The molecule has 1 aromatic heterocycles. The Kier molecular flexibility index (Phi) is 5.52. The van der Waals surface area contributed by atoms with Gasteiger partial charge in [-0.25, -0.2) is 0 Å². The van der Waals surface area contributed by atoms with E-state index >= 15 is 0 Å². The molecule has 1 fully saturated rings. The largest absolute Gasteiger partial charge is 0.318 e. The number of carbonyl (C=O) groups is 2. The van der Waals surface area contributed by atoms with Crippen LogP contribution in [0.25, 0.3) is 11.8 Å². The molecule has 0 atom stereocenters. The molecule has 1 aliphatic rings. The third-order valence-electron chi connectivity index (χ3n) is 5.37. The van der Waals surface area contributed by atoms with E-state index in [0.29, 0.717) is 16.3 Å². The molecule has 0 aliphatic carbocycles. The standard InChI is InChI=1S/C24H20ClN3O2S/c1-14-12-17(16(3)27(14)18-8-5-4-6-9-18)13-19-22(29)26-24(31)28(23(19)30)21-11-7-10-20(25)15(21)2/h4-13H,1-3H3,(H,26,29,31)/b19-13-. The van der Waals surface area contributed by atoms with E-state index in [-0.39, 0.29) is 10.7 Å². The Hall–Kier alpha value is -3.22. The van der Waals surface area contributed by atoms with Crippen molar-refractivity contribution in [2.75, 3.05) is 4.90 Å². The number of carbonyl (C=O) groups excluding carboxylic acids is 2. The second kappa shape index (κ2) is 8.13. The summed E-state index contributed by atoms with van der Waals surface area (Å²) in [5.41, 5.74) is 4.99. The summed E-state index contributed by atoms with van der Waals surface area (Å²) in [6, 6.07) is 17.1. The van der Waals surface area contributed by atoms with Gasteiger partial charge in [-0.2, -0.15) is 0 Å². The predicted molar refractivity (Wildman–Crippen MR) is 128 cm³/mol. The molecule has 31 heavy (non-hydrogen) atoms. The maximum absolute atomic E-state index is 13.3. The van der Waals surface area contributed by atoms with Gasteiger partial charge in [0, 0.05) is 22.1 Å². The lowest BCUT2D eigenvalue weighted by molar-refractivity contribution is -0.122. The zero-order valence-electron chi connectivity index (χ0n) is 17.3. The number of rotatable bonds is 3. The molecule has 2 heterocycles. The first-order valence-electron chi connectivity index (χ1n) is 9.70. The van der Waals surface area contributed by atoms with Crippen molar-refractivity contribution in [3.8, 4) is 5.69 Å². The maximum atomic E-state index is 13.3. The highest BCUT2D eigenvalue weighted by Gasteiger charge is 2.35. The van der Waals surface area contributed by atoms with Crippen LogP contribution in [-0.4, -0.2) is 21.5 Å². The number of thiocarbonyl (C=S) groups is 1. The molecule has 3 aromatic rings. The summed E-state index contributed by atoms with van der Waals surface area (Å²) in [7, 11) is 0. The molecule has 1 aliphatic heterocycles. The summed E-state index contributed by atoms with van der Waals surface area (Å²) in [5.74, 6) is -1.00. The molecule has 0 spiro atoms. The molecule has 156 valence electrons. The summed E-state index contributed by atoms with van der Waals surface area (Å²) in [6.45, 7) is 5.75. The molecule has 0 unspecified atom stereocenters. The number of halogens is 1. The van der Waals surface area contributed by atoms with Crippen LogP contribution in [0.1, 0.15) is 22.5 Å². The minimum atomic E-state index is -0.518. The summed E-state index contributed by atoms with van der Waals surface area (Å²) >= 11 is 11.5. The molecule has 7 heteroatoms. The summed E-state index contributed by atoms with van der Waals surface area (Å²) in [5, 5.41) is 3.18. The van der Waals surface area contributed by atoms with Crippen LogP contribution in [0.2, 0.25) is 5.02 Å². The molecule has 4 rings (SSSR count). The first-order valence-corrected chi connectivity index (χ1v) is 10.5. The SMILES string of the molecule is Cc1c(Cl)cccc1N1C(=O)/C(=C\c2cc(C)n(-c3ccccc3)c2C)C(=O)NC1=S. The van der Waals surface area contributed by atoms with Crippen molar-refractivity contribution in [3.05, 3.63) is 87.7 Å². The summed E-state index contributed by atoms with van der Waals surface area (Å²) in [4.78, 5) is 27.3. The number of hydrogen-bond acceptors (Lipinski definition) is 3. The minimum absolute atomic E-state index is 0.0151. The van der Waals surface area contributed by atoms with E-state index in [4.69, 9.17) is 23.8 Å². The molecule has 0 bridgehead atoms. The quantitative estimate of drug-likeness (QED) is 0.352. The van der Waals surface area contributed by atoms with E-state index in [1.54, 1.807) is 31.2 Å². The van der Waals surface area contributed by atoms with Gasteiger partial charge in [0.2, 0.25) is 0 Å². The normalized spacial score (nSPS) is 15.5. The van der Waals surface area contributed by atoms with Crippen molar-refractivity contribution < 1.29 is 9.59 Å². The van der Waals surface area contributed by atoms with Gasteiger partial charge in [-0.15, -0.1) is 0 Å². The lowest BCUT2D eigenvalue weighted by Gasteiger charge is -2.30. The van der Waals surface area contributed by atoms with E-state index in [1.165, 1.54) is 4.90 Å². The highest BCUT2D eigenvalue weighted by molar-refractivity contribution is 7.80.